The summed E-state index contributed by atoms with van der Waals surface area (Å²) in [6, 6.07) is 14.6. The number of benzene rings is 2. The summed E-state index contributed by atoms with van der Waals surface area (Å²) in [5.74, 6) is 0.554. The van der Waals surface area contributed by atoms with Crippen LogP contribution in [-0.2, 0) is 22.6 Å². The first-order valence-corrected chi connectivity index (χ1v) is 11.3. The van der Waals surface area contributed by atoms with E-state index in [1.165, 1.54) is 0 Å². The Morgan fingerprint density at radius 2 is 1.84 bits per heavy atom. The van der Waals surface area contributed by atoms with Crippen molar-refractivity contribution in [3.63, 3.8) is 0 Å². The predicted octanol–water partition coefficient (Wildman–Crippen LogP) is 4.76. The van der Waals surface area contributed by atoms with Gasteiger partial charge < -0.3 is 15.0 Å². The summed E-state index contributed by atoms with van der Waals surface area (Å²) in [6.07, 6.45) is 5.04. The molecule has 0 heterocycles. The van der Waals surface area contributed by atoms with E-state index in [1.807, 2.05) is 43.3 Å². The van der Waals surface area contributed by atoms with Crippen molar-refractivity contribution in [2.75, 3.05) is 7.11 Å². The Morgan fingerprint density at radius 1 is 1.13 bits per heavy atom. The standard InChI is InChI=1S/C25H31ClN2O3/c1-3-23(25(30)27-21-11-4-5-12-21)28(17-19-9-7-13-22(15-19)31-2)24(29)16-18-8-6-10-20(26)14-18/h6-10,13-15,21,23H,3-5,11-12,16-17H2,1-2H3,(H,27,30)/t23-/m0/s1. The van der Waals surface area contributed by atoms with Gasteiger partial charge in [0.05, 0.1) is 13.5 Å². The van der Waals surface area contributed by atoms with Crippen molar-refractivity contribution >= 4 is 23.4 Å². The molecule has 5 nitrogen and oxygen atoms in total. The highest BCUT2D eigenvalue weighted by molar-refractivity contribution is 6.30. The summed E-state index contributed by atoms with van der Waals surface area (Å²) in [5.41, 5.74) is 1.75. The third kappa shape index (κ3) is 6.47. The molecule has 3 rings (SSSR count). The second kappa shape index (κ2) is 11.2. The number of halogens is 1. The van der Waals surface area contributed by atoms with Gasteiger partial charge in [-0.25, -0.2) is 0 Å². The summed E-state index contributed by atoms with van der Waals surface area (Å²) in [5, 5.41) is 3.76. The van der Waals surface area contributed by atoms with Crippen molar-refractivity contribution in [3.05, 3.63) is 64.7 Å². The number of hydrogen-bond donors (Lipinski definition) is 1. The first-order chi connectivity index (χ1) is 15.0. The van der Waals surface area contributed by atoms with Crippen molar-refractivity contribution < 1.29 is 14.3 Å². The zero-order valence-corrected chi connectivity index (χ0v) is 19.0. The lowest BCUT2D eigenvalue weighted by Crippen LogP contribution is -2.51. The van der Waals surface area contributed by atoms with Gasteiger partial charge in [0.1, 0.15) is 11.8 Å². The van der Waals surface area contributed by atoms with E-state index in [-0.39, 0.29) is 24.3 Å². The number of carbonyl (C=O) groups is 2. The Morgan fingerprint density at radius 3 is 2.52 bits per heavy atom. The first kappa shape index (κ1) is 23.1. The van der Waals surface area contributed by atoms with Crippen LogP contribution in [-0.4, -0.2) is 35.9 Å². The molecule has 1 fully saturated rings. The molecule has 0 unspecified atom stereocenters. The molecule has 2 aromatic rings. The lowest BCUT2D eigenvalue weighted by atomic mass is 10.1. The minimum absolute atomic E-state index is 0.0725. The fourth-order valence-electron chi connectivity index (χ4n) is 4.18. The van der Waals surface area contributed by atoms with Gasteiger partial charge in [-0.15, -0.1) is 0 Å². The first-order valence-electron chi connectivity index (χ1n) is 11.0. The Kier molecular flexibility index (Phi) is 8.35. The Labute approximate surface area is 189 Å². The van der Waals surface area contributed by atoms with Gasteiger partial charge in [0.25, 0.3) is 0 Å². The molecule has 1 aliphatic rings. The van der Waals surface area contributed by atoms with E-state index < -0.39 is 6.04 Å². The van der Waals surface area contributed by atoms with Gasteiger partial charge in [0.2, 0.25) is 11.8 Å². The summed E-state index contributed by atoms with van der Waals surface area (Å²) in [7, 11) is 1.62. The van der Waals surface area contributed by atoms with Gasteiger partial charge in [-0.1, -0.05) is 55.6 Å². The van der Waals surface area contributed by atoms with Gasteiger partial charge in [-0.05, 0) is 54.7 Å². The van der Waals surface area contributed by atoms with Crippen molar-refractivity contribution in [2.24, 2.45) is 0 Å². The summed E-state index contributed by atoms with van der Waals surface area (Å²) in [4.78, 5) is 28.2. The molecule has 6 heteroatoms. The molecule has 0 radical (unpaired) electrons. The van der Waals surface area contributed by atoms with Crippen LogP contribution in [0.5, 0.6) is 5.75 Å². The minimum Gasteiger partial charge on any atom is -0.497 e. The van der Waals surface area contributed by atoms with Crippen LogP contribution in [0.4, 0.5) is 0 Å². The largest absolute Gasteiger partial charge is 0.497 e. The molecule has 2 aromatic carbocycles. The van der Waals surface area contributed by atoms with E-state index in [0.29, 0.717) is 18.0 Å². The smallest absolute Gasteiger partial charge is 0.243 e. The average Bonchev–Trinajstić information content (AvgIpc) is 3.26. The quantitative estimate of drug-likeness (QED) is 0.609. The molecule has 0 aromatic heterocycles. The number of hydrogen-bond acceptors (Lipinski definition) is 3. The number of nitrogens with one attached hydrogen (secondary N) is 1. The maximum atomic E-state index is 13.4. The van der Waals surface area contributed by atoms with Gasteiger partial charge >= 0.3 is 0 Å². The van der Waals surface area contributed by atoms with Crippen LogP contribution in [0.2, 0.25) is 5.02 Å². The van der Waals surface area contributed by atoms with Crippen LogP contribution in [0, 0.1) is 0 Å². The Balaban J connectivity index is 1.83. The van der Waals surface area contributed by atoms with Crippen LogP contribution in [0.15, 0.2) is 48.5 Å². The van der Waals surface area contributed by atoms with Crippen LogP contribution >= 0.6 is 11.6 Å². The predicted molar refractivity (Wildman–Crippen MR) is 123 cm³/mol. The molecule has 0 aliphatic heterocycles. The van der Waals surface area contributed by atoms with Gasteiger partial charge in [0, 0.05) is 17.6 Å². The molecule has 31 heavy (non-hydrogen) atoms. The highest BCUT2D eigenvalue weighted by Crippen LogP contribution is 2.21. The minimum atomic E-state index is -0.529. The monoisotopic (exact) mass is 442 g/mol. The van der Waals surface area contributed by atoms with Gasteiger partial charge in [-0.2, -0.15) is 0 Å². The fraction of sp³-hybridized carbons (Fsp3) is 0.440. The molecule has 1 saturated carbocycles. The molecule has 166 valence electrons. The van der Waals surface area contributed by atoms with Crippen LogP contribution in [0.3, 0.4) is 0 Å². The number of rotatable bonds is 9. The van der Waals surface area contributed by atoms with Gasteiger partial charge in [-0.3, -0.25) is 9.59 Å². The van der Waals surface area contributed by atoms with Crippen molar-refractivity contribution in [1.29, 1.82) is 0 Å². The summed E-state index contributed by atoms with van der Waals surface area (Å²) in [6.45, 7) is 2.29. The number of ether oxygens (including phenoxy) is 1. The number of nitrogens with zero attached hydrogens (tertiary/aromatic N) is 1. The normalized spacial score (nSPS) is 14.8. The number of carbonyl (C=O) groups excluding carboxylic acids is 2. The van der Waals surface area contributed by atoms with Crippen molar-refractivity contribution in [1.82, 2.24) is 10.2 Å². The zero-order valence-electron chi connectivity index (χ0n) is 18.3. The third-order valence-corrected chi connectivity index (χ3v) is 6.05. The maximum absolute atomic E-state index is 13.4. The van der Waals surface area contributed by atoms with E-state index in [0.717, 1.165) is 42.6 Å². The van der Waals surface area contributed by atoms with Crippen molar-refractivity contribution in [3.8, 4) is 5.75 Å². The average molecular weight is 443 g/mol. The summed E-state index contributed by atoms with van der Waals surface area (Å²) < 4.78 is 5.33. The number of methoxy groups -OCH3 is 1. The second-order valence-electron chi connectivity index (χ2n) is 8.09. The van der Waals surface area contributed by atoms with E-state index in [2.05, 4.69) is 5.32 Å². The van der Waals surface area contributed by atoms with E-state index in [4.69, 9.17) is 16.3 Å². The third-order valence-electron chi connectivity index (χ3n) is 5.82. The number of amides is 2. The molecule has 1 aliphatic carbocycles. The topological polar surface area (TPSA) is 58.6 Å². The molecule has 2 amide bonds. The zero-order chi connectivity index (χ0) is 22.2. The highest BCUT2D eigenvalue weighted by atomic mass is 35.5. The SMILES string of the molecule is CC[C@@H](C(=O)NC1CCCC1)N(Cc1cccc(OC)c1)C(=O)Cc1cccc(Cl)c1. The highest BCUT2D eigenvalue weighted by Gasteiger charge is 2.30. The van der Waals surface area contributed by atoms with E-state index in [1.54, 1.807) is 24.1 Å². The summed E-state index contributed by atoms with van der Waals surface area (Å²) >= 11 is 6.10. The Hall–Kier alpha value is -2.53. The van der Waals surface area contributed by atoms with E-state index in [9.17, 15) is 9.59 Å². The van der Waals surface area contributed by atoms with Gasteiger partial charge in [0.15, 0.2) is 0 Å². The molecule has 1 N–H and O–H groups in total. The lowest BCUT2D eigenvalue weighted by molar-refractivity contribution is -0.141. The molecule has 0 bridgehead atoms. The molecule has 0 spiro atoms. The molecule has 1 atom stereocenters. The van der Waals surface area contributed by atoms with Crippen LogP contribution < -0.4 is 10.1 Å². The van der Waals surface area contributed by atoms with E-state index >= 15 is 0 Å². The molecule has 0 saturated heterocycles. The van der Waals surface area contributed by atoms with Crippen molar-refractivity contribution in [2.45, 2.75) is 64.1 Å². The molecular weight excluding hydrogens is 412 g/mol. The fourth-order valence-corrected chi connectivity index (χ4v) is 4.39. The molecular formula is C25H31ClN2O3. The van der Waals surface area contributed by atoms with Crippen LogP contribution in [0.1, 0.15) is 50.2 Å². The Bertz CT molecular complexity index is 896. The van der Waals surface area contributed by atoms with Crippen LogP contribution in [0.25, 0.3) is 0 Å². The maximum Gasteiger partial charge on any atom is 0.243 e. The lowest BCUT2D eigenvalue weighted by Gasteiger charge is -2.31. The second-order valence-corrected chi connectivity index (χ2v) is 8.53.